The summed E-state index contributed by atoms with van der Waals surface area (Å²) in [4.78, 5) is 25.9. The Balaban J connectivity index is 1.75. The molecule has 2 rings (SSSR count). The Labute approximate surface area is 141 Å². The van der Waals surface area contributed by atoms with E-state index in [1.807, 2.05) is 11.8 Å². The van der Waals surface area contributed by atoms with Gasteiger partial charge in [-0.05, 0) is 37.0 Å². The van der Waals surface area contributed by atoms with Crippen molar-refractivity contribution in [2.75, 3.05) is 19.6 Å². The van der Waals surface area contributed by atoms with Gasteiger partial charge in [-0.3, -0.25) is 9.59 Å². The lowest BCUT2D eigenvalue weighted by Gasteiger charge is -2.31. The van der Waals surface area contributed by atoms with Crippen LogP contribution in [0.15, 0.2) is 24.3 Å². The van der Waals surface area contributed by atoms with Crippen molar-refractivity contribution in [1.82, 2.24) is 10.2 Å². The third kappa shape index (κ3) is 5.03. The Morgan fingerprint density at radius 1 is 1.29 bits per heavy atom. The number of likely N-dealkylation sites (tertiary alicyclic amines) is 1. The van der Waals surface area contributed by atoms with E-state index >= 15 is 0 Å². The molecule has 2 N–H and O–H groups in total. The minimum Gasteiger partial charge on any atom is -0.387 e. The van der Waals surface area contributed by atoms with Gasteiger partial charge >= 0.3 is 0 Å². The molecule has 132 valence electrons. The summed E-state index contributed by atoms with van der Waals surface area (Å²) in [5.74, 6) is -0.433. The largest absolute Gasteiger partial charge is 0.387 e. The highest BCUT2D eigenvalue weighted by Gasteiger charge is 2.27. The molecule has 0 radical (unpaired) electrons. The number of aliphatic hydroxyl groups is 1. The van der Waals surface area contributed by atoms with Crippen LogP contribution in [0.25, 0.3) is 0 Å². The van der Waals surface area contributed by atoms with E-state index in [-0.39, 0.29) is 30.1 Å². The fraction of sp³-hybridized carbons (Fsp3) is 0.556. The fourth-order valence-electron chi connectivity index (χ4n) is 2.91. The molecular formula is C18H25FN2O3. The van der Waals surface area contributed by atoms with Crippen LogP contribution in [0.3, 0.4) is 0 Å². The summed E-state index contributed by atoms with van der Waals surface area (Å²) in [5.41, 5.74) is 0.566. The first kappa shape index (κ1) is 18.4. The third-order valence-corrected chi connectivity index (χ3v) is 4.41. The maximum atomic E-state index is 12.9. The molecular weight excluding hydrogens is 311 g/mol. The van der Waals surface area contributed by atoms with Gasteiger partial charge in [0.2, 0.25) is 11.8 Å². The standard InChI is InChI=1S/C18H25FN2O3/c1-2-3-17(23)21-10-8-14(9-11-21)18(24)20-12-16(22)13-4-6-15(19)7-5-13/h4-7,14,16,22H,2-3,8-12H2,1H3,(H,20,24). The summed E-state index contributed by atoms with van der Waals surface area (Å²) in [7, 11) is 0. The lowest BCUT2D eigenvalue weighted by atomic mass is 9.95. The second-order valence-electron chi connectivity index (χ2n) is 6.22. The Bertz CT molecular complexity index is 554. The van der Waals surface area contributed by atoms with Gasteiger partial charge in [0.15, 0.2) is 0 Å². The smallest absolute Gasteiger partial charge is 0.223 e. The number of halogens is 1. The van der Waals surface area contributed by atoms with Crippen LogP contribution in [0, 0.1) is 11.7 Å². The molecule has 1 atom stereocenters. The van der Waals surface area contributed by atoms with Crippen LogP contribution in [0.5, 0.6) is 0 Å². The van der Waals surface area contributed by atoms with E-state index < -0.39 is 6.10 Å². The van der Waals surface area contributed by atoms with Gasteiger partial charge in [-0.15, -0.1) is 0 Å². The quantitative estimate of drug-likeness (QED) is 0.835. The number of nitrogens with one attached hydrogen (secondary N) is 1. The van der Waals surface area contributed by atoms with Crippen LogP contribution in [0.1, 0.15) is 44.3 Å². The van der Waals surface area contributed by atoms with Gasteiger partial charge in [-0.25, -0.2) is 4.39 Å². The Hall–Kier alpha value is -1.95. The molecule has 1 aliphatic heterocycles. The molecule has 2 amide bonds. The van der Waals surface area contributed by atoms with Crippen LogP contribution in [-0.4, -0.2) is 41.5 Å². The lowest BCUT2D eigenvalue weighted by Crippen LogP contribution is -2.43. The normalized spacial score (nSPS) is 16.7. The first-order valence-electron chi connectivity index (χ1n) is 8.50. The molecule has 1 saturated heterocycles. The molecule has 1 unspecified atom stereocenters. The molecule has 0 spiro atoms. The maximum absolute atomic E-state index is 12.9. The van der Waals surface area contributed by atoms with Gasteiger partial charge in [-0.1, -0.05) is 19.1 Å². The van der Waals surface area contributed by atoms with Crippen molar-refractivity contribution < 1.29 is 19.1 Å². The Morgan fingerprint density at radius 2 is 1.92 bits per heavy atom. The summed E-state index contributed by atoms with van der Waals surface area (Å²) in [6.45, 7) is 3.29. The number of hydrogen-bond acceptors (Lipinski definition) is 3. The summed E-state index contributed by atoms with van der Waals surface area (Å²) >= 11 is 0. The van der Waals surface area contributed by atoms with Crippen molar-refractivity contribution in [3.8, 4) is 0 Å². The van der Waals surface area contributed by atoms with Crippen molar-refractivity contribution >= 4 is 11.8 Å². The number of aliphatic hydroxyl groups excluding tert-OH is 1. The van der Waals surface area contributed by atoms with Crippen molar-refractivity contribution in [2.24, 2.45) is 5.92 Å². The first-order valence-corrected chi connectivity index (χ1v) is 8.50. The summed E-state index contributed by atoms with van der Waals surface area (Å²) in [6.07, 6.45) is 1.82. The summed E-state index contributed by atoms with van der Waals surface area (Å²) in [5, 5.41) is 12.8. The van der Waals surface area contributed by atoms with Crippen molar-refractivity contribution in [2.45, 2.75) is 38.7 Å². The summed E-state index contributed by atoms with van der Waals surface area (Å²) < 4.78 is 12.9. The number of amides is 2. The van der Waals surface area contributed by atoms with Crippen LogP contribution < -0.4 is 5.32 Å². The molecule has 1 aliphatic rings. The zero-order chi connectivity index (χ0) is 17.5. The van der Waals surface area contributed by atoms with Crippen LogP contribution in [0.2, 0.25) is 0 Å². The molecule has 1 aromatic carbocycles. The minimum atomic E-state index is -0.860. The van der Waals surface area contributed by atoms with Gasteiger partial charge < -0.3 is 15.3 Å². The zero-order valence-electron chi connectivity index (χ0n) is 14.0. The minimum absolute atomic E-state index is 0.0967. The molecule has 24 heavy (non-hydrogen) atoms. The Morgan fingerprint density at radius 3 is 2.50 bits per heavy atom. The average Bonchev–Trinajstić information content (AvgIpc) is 2.60. The summed E-state index contributed by atoms with van der Waals surface area (Å²) in [6, 6.07) is 5.57. The Kier molecular flexibility index (Phi) is 6.73. The van der Waals surface area contributed by atoms with Crippen LogP contribution >= 0.6 is 0 Å². The average molecular weight is 336 g/mol. The van der Waals surface area contributed by atoms with E-state index in [2.05, 4.69) is 5.32 Å². The molecule has 0 saturated carbocycles. The van der Waals surface area contributed by atoms with Gasteiger partial charge in [0.1, 0.15) is 5.82 Å². The molecule has 0 aromatic heterocycles. The number of benzene rings is 1. The first-order chi connectivity index (χ1) is 11.5. The van der Waals surface area contributed by atoms with E-state index in [0.29, 0.717) is 37.9 Å². The molecule has 0 bridgehead atoms. The molecule has 1 heterocycles. The third-order valence-electron chi connectivity index (χ3n) is 4.41. The monoisotopic (exact) mass is 336 g/mol. The highest BCUT2D eigenvalue weighted by atomic mass is 19.1. The second-order valence-corrected chi connectivity index (χ2v) is 6.22. The zero-order valence-corrected chi connectivity index (χ0v) is 14.0. The van der Waals surface area contributed by atoms with Crippen LogP contribution in [0.4, 0.5) is 4.39 Å². The van der Waals surface area contributed by atoms with Crippen molar-refractivity contribution in [3.05, 3.63) is 35.6 Å². The maximum Gasteiger partial charge on any atom is 0.223 e. The van der Waals surface area contributed by atoms with E-state index in [1.165, 1.54) is 24.3 Å². The molecule has 0 aliphatic carbocycles. The predicted molar refractivity (Wildman–Crippen MR) is 88.6 cm³/mol. The number of carbonyl (C=O) groups is 2. The number of hydrogen-bond donors (Lipinski definition) is 2. The van der Waals surface area contributed by atoms with E-state index in [4.69, 9.17) is 0 Å². The van der Waals surface area contributed by atoms with E-state index in [0.717, 1.165) is 6.42 Å². The molecule has 5 nitrogen and oxygen atoms in total. The fourth-order valence-corrected chi connectivity index (χ4v) is 2.91. The number of rotatable bonds is 6. The van der Waals surface area contributed by atoms with Crippen molar-refractivity contribution in [3.63, 3.8) is 0 Å². The molecule has 1 fully saturated rings. The van der Waals surface area contributed by atoms with Gasteiger partial charge in [-0.2, -0.15) is 0 Å². The topological polar surface area (TPSA) is 69.6 Å². The van der Waals surface area contributed by atoms with E-state index in [9.17, 15) is 19.1 Å². The number of nitrogens with zero attached hydrogens (tertiary/aromatic N) is 1. The van der Waals surface area contributed by atoms with Crippen molar-refractivity contribution in [1.29, 1.82) is 0 Å². The van der Waals surface area contributed by atoms with E-state index in [1.54, 1.807) is 0 Å². The highest BCUT2D eigenvalue weighted by molar-refractivity contribution is 5.80. The number of piperidine rings is 1. The van der Waals surface area contributed by atoms with Gasteiger partial charge in [0, 0.05) is 32.0 Å². The predicted octanol–water partition coefficient (Wildman–Crippen LogP) is 2.01. The molecule has 6 heteroatoms. The van der Waals surface area contributed by atoms with Crippen LogP contribution in [-0.2, 0) is 9.59 Å². The lowest BCUT2D eigenvalue weighted by molar-refractivity contribution is -0.135. The molecule has 1 aromatic rings. The SMILES string of the molecule is CCCC(=O)N1CCC(C(=O)NCC(O)c2ccc(F)cc2)CC1. The number of carbonyl (C=O) groups excluding carboxylic acids is 2. The van der Waals surface area contributed by atoms with Gasteiger partial charge in [0.25, 0.3) is 0 Å². The highest BCUT2D eigenvalue weighted by Crippen LogP contribution is 2.19. The van der Waals surface area contributed by atoms with Gasteiger partial charge in [0.05, 0.1) is 6.10 Å². The second kappa shape index (κ2) is 8.78.